The van der Waals surface area contributed by atoms with Crippen LogP contribution >= 0.6 is 0 Å². The maximum Gasteiger partial charge on any atom is 0.262 e. The first-order valence-electron chi connectivity index (χ1n) is 10.5. The summed E-state index contributed by atoms with van der Waals surface area (Å²) in [6.07, 6.45) is 0. The number of aromatic nitrogens is 2. The highest BCUT2D eigenvalue weighted by Gasteiger charge is 2.33. The minimum Gasteiger partial charge on any atom is -0.338 e. The Balaban J connectivity index is 1.91. The van der Waals surface area contributed by atoms with Crippen LogP contribution in [0.5, 0.6) is 0 Å². The first-order chi connectivity index (χ1) is 14.5. The number of benzene rings is 2. The van der Waals surface area contributed by atoms with E-state index in [4.69, 9.17) is 4.98 Å². The average molecular weight is 405 g/mol. The Morgan fingerprint density at radius 2 is 1.57 bits per heavy atom. The molecule has 1 atom stereocenters. The van der Waals surface area contributed by atoms with Gasteiger partial charge in [-0.1, -0.05) is 56.3 Å². The van der Waals surface area contributed by atoms with Gasteiger partial charge in [-0.3, -0.25) is 14.2 Å². The van der Waals surface area contributed by atoms with Crippen LogP contribution in [0.3, 0.4) is 0 Å². The van der Waals surface area contributed by atoms with E-state index < -0.39 is 6.04 Å². The Labute approximate surface area is 176 Å². The van der Waals surface area contributed by atoms with E-state index in [1.54, 1.807) is 10.6 Å². The summed E-state index contributed by atoms with van der Waals surface area (Å²) in [5, 5.41) is 0.536. The lowest BCUT2D eigenvalue weighted by Crippen LogP contribution is -2.51. The highest BCUT2D eigenvalue weighted by atomic mass is 16.2. The molecule has 1 aliphatic rings. The molecule has 156 valence electrons. The molecule has 1 unspecified atom stereocenters. The highest BCUT2D eigenvalue weighted by Crippen LogP contribution is 2.27. The molecule has 0 saturated carbocycles. The molecule has 1 fully saturated rings. The predicted octanol–water partition coefficient (Wildman–Crippen LogP) is 3.03. The number of piperazine rings is 1. The van der Waals surface area contributed by atoms with Crippen LogP contribution < -0.4 is 5.56 Å². The summed E-state index contributed by atoms with van der Waals surface area (Å²) >= 11 is 0. The van der Waals surface area contributed by atoms with Gasteiger partial charge in [-0.2, -0.15) is 0 Å². The van der Waals surface area contributed by atoms with Crippen LogP contribution in [0.2, 0.25) is 0 Å². The molecular formula is C24H28N4O2. The van der Waals surface area contributed by atoms with Crippen LogP contribution in [0, 0.1) is 5.92 Å². The molecule has 2 aromatic carbocycles. The summed E-state index contributed by atoms with van der Waals surface area (Å²) in [5.74, 6) is 0.482. The Kier molecular flexibility index (Phi) is 5.68. The quantitative estimate of drug-likeness (QED) is 0.671. The highest BCUT2D eigenvalue weighted by molar-refractivity contribution is 5.84. The molecule has 2 heterocycles. The fourth-order valence-electron chi connectivity index (χ4n) is 4.10. The number of carbonyl (C=O) groups excluding carboxylic acids is 1. The molecule has 0 radical (unpaired) electrons. The topological polar surface area (TPSA) is 58.4 Å². The fourth-order valence-corrected chi connectivity index (χ4v) is 4.10. The van der Waals surface area contributed by atoms with Crippen molar-refractivity contribution in [2.45, 2.75) is 19.9 Å². The molecule has 0 bridgehead atoms. The van der Waals surface area contributed by atoms with Crippen LogP contribution in [0.1, 0.15) is 19.9 Å². The van der Waals surface area contributed by atoms with Crippen molar-refractivity contribution < 1.29 is 4.79 Å². The molecule has 1 amide bonds. The normalized spacial score (nSPS) is 16.2. The number of hydrogen-bond donors (Lipinski definition) is 0. The molecule has 6 nitrogen and oxygen atoms in total. The van der Waals surface area contributed by atoms with E-state index in [-0.39, 0.29) is 17.4 Å². The Bertz CT molecular complexity index is 1100. The van der Waals surface area contributed by atoms with Gasteiger partial charge in [0, 0.05) is 31.7 Å². The van der Waals surface area contributed by atoms with Crippen LogP contribution in [0.15, 0.2) is 59.4 Å². The van der Waals surface area contributed by atoms with Crippen LogP contribution in [-0.2, 0) is 4.79 Å². The van der Waals surface area contributed by atoms with Gasteiger partial charge in [0.2, 0.25) is 5.91 Å². The first kappa shape index (κ1) is 20.3. The minimum atomic E-state index is -0.604. The zero-order valence-corrected chi connectivity index (χ0v) is 17.8. The number of nitrogens with zero attached hydrogens (tertiary/aromatic N) is 4. The third-order valence-corrected chi connectivity index (χ3v) is 5.82. The van der Waals surface area contributed by atoms with Crippen LogP contribution in [0.4, 0.5) is 0 Å². The van der Waals surface area contributed by atoms with Crippen molar-refractivity contribution in [2.24, 2.45) is 5.92 Å². The molecule has 0 spiro atoms. The van der Waals surface area contributed by atoms with Gasteiger partial charge in [-0.25, -0.2) is 4.98 Å². The number of fused-ring (bicyclic) bond motifs is 1. The summed E-state index contributed by atoms with van der Waals surface area (Å²) in [6.45, 7) is 7.02. The number of rotatable bonds is 4. The van der Waals surface area contributed by atoms with E-state index in [9.17, 15) is 9.59 Å². The molecular weight excluding hydrogens is 376 g/mol. The van der Waals surface area contributed by atoms with Crippen molar-refractivity contribution in [3.63, 3.8) is 0 Å². The zero-order chi connectivity index (χ0) is 21.3. The Morgan fingerprint density at radius 3 is 2.23 bits per heavy atom. The van der Waals surface area contributed by atoms with Crippen molar-refractivity contribution in [1.82, 2.24) is 19.4 Å². The lowest BCUT2D eigenvalue weighted by molar-refractivity contribution is -0.137. The molecule has 6 heteroatoms. The lowest BCUT2D eigenvalue weighted by atomic mass is 10.0. The van der Waals surface area contributed by atoms with Gasteiger partial charge in [0.1, 0.15) is 11.9 Å². The summed E-state index contributed by atoms with van der Waals surface area (Å²) in [7, 11) is 2.06. The summed E-state index contributed by atoms with van der Waals surface area (Å²) in [6, 6.07) is 16.4. The first-order valence-corrected chi connectivity index (χ1v) is 10.5. The van der Waals surface area contributed by atoms with Crippen LogP contribution in [-0.4, -0.2) is 58.5 Å². The molecule has 0 N–H and O–H groups in total. The SMILES string of the molecule is CC(C)C(C(=O)N1CCN(C)CC1)n1c(-c2ccccc2)nc2ccccc2c1=O. The van der Waals surface area contributed by atoms with Crippen molar-refractivity contribution >= 4 is 16.8 Å². The van der Waals surface area contributed by atoms with Gasteiger partial charge in [0.15, 0.2) is 0 Å². The number of likely N-dealkylation sites (N-methyl/N-ethyl adjacent to an activating group) is 1. The Hall–Kier alpha value is -2.99. The summed E-state index contributed by atoms with van der Waals surface area (Å²) in [4.78, 5) is 36.2. The molecule has 4 rings (SSSR count). The number of amides is 1. The monoisotopic (exact) mass is 404 g/mol. The smallest absolute Gasteiger partial charge is 0.262 e. The van der Waals surface area contributed by atoms with Gasteiger partial charge >= 0.3 is 0 Å². The van der Waals surface area contributed by atoms with E-state index in [2.05, 4.69) is 11.9 Å². The maximum atomic E-state index is 13.7. The molecule has 0 aliphatic carbocycles. The standard InChI is InChI=1S/C24H28N4O2/c1-17(2)21(24(30)27-15-13-26(3)14-16-27)28-22(18-9-5-4-6-10-18)25-20-12-8-7-11-19(20)23(28)29/h4-12,17,21H,13-16H2,1-3H3. The predicted molar refractivity (Wildman–Crippen MR) is 119 cm³/mol. The van der Waals surface area contributed by atoms with Crippen molar-refractivity contribution in [3.8, 4) is 11.4 Å². The van der Waals surface area contributed by atoms with Crippen molar-refractivity contribution in [1.29, 1.82) is 0 Å². The molecule has 1 aliphatic heterocycles. The molecule has 30 heavy (non-hydrogen) atoms. The maximum absolute atomic E-state index is 13.7. The largest absolute Gasteiger partial charge is 0.338 e. The van der Waals surface area contributed by atoms with E-state index in [0.29, 0.717) is 29.8 Å². The Morgan fingerprint density at radius 1 is 0.933 bits per heavy atom. The van der Waals surface area contributed by atoms with E-state index in [0.717, 1.165) is 18.7 Å². The molecule has 1 saturated heterocycles. The number of carbonyl (C=O) groups is 1. The minimum absolute atomic E-state index is 0.00513. The summed E-state index contributed by atoms with van der Waals surface area (Å²) in [5.41, 5.74) is 1.31. The second kappa shape index (κ2) is 8.40. The molecule has 1 aromatic heterocycles. The third-order valence-electron chi connectivity index (χ3n) is 5.82. The van der Waals surface area contributed by atoms with Gasteiger partial charge in [-0.15, -0.1) is 0 Å². The second-order valence-electron chi connectivity index (χ2n) is 8.31. The van der Waals surface area contributed by atoms with Gasteiger partial charge in [0.25, 0.3) is 5.56 Å². The second-order valence-corrected chi connectivity index (χ2v) is 8.31. The van der Waals surface area contributed by atoms with E-state index >= 15 is 0 Å². The van der Waals surface area contributed by atoms with E-state index in [1.807, 2.05) is 67.3 Å². The fraction of sp³-hybridized carbons (Fsp3) is 0.375. The van der Waals surface area contributed by atoms with E-state index in [1.165, 1.54) is 0 Å². The third kappa shape index (κ3) is 3.75. The van der Waals surface area contributed by atoms with Crippen molar-refractivity contribution in [2.75, 3.05) is 33.2 Å². The van der Waals surface area contributed by atoms with Gasteiger partial charge < -0.3 is 9.80 Å². The van der Waals surface area contributed by atoms with Gasteiger partial charge in [-0.05, 0) is 25.1 Å². The van der Waals surface area contributed by atoms with Crippen LogP contribution in [0.25, 0.3) is 22.3 Å². The lowest BCUT2D eigenvalue weighted by Gasteiger charge is -2.36. The zero-order valence-electron chi connectivity index (χ0n) is 17.8. The number of para-hydroxylation sites is 1. The number of hydrogen-bond acceptors (Lipinski definition) is 4. The van der Waals surface area contributed by atoms with Crippen molar-refractivity contribution in [3.05, 3.63) is 65.0 Å². The molecule has 3 aromatic rings. The summed E-state index contributed by atoms with van der Waals surface area (Å²) < 4.78 is 1.63. The average Bonchev–Trinajstić information content (AvgIpc) is 2.76. The van der Waals surface area contributed by atoms with Gasteiger partial charge in [0.05, 0.1) is 10.9 Å².